The summed E-state index contributed by atoms with van der Waals surface area (Å²) in [6.45, 7) is 1.79. The van der Waals surface area contributed by atoms with Crippen molar-refractivity contribution < 1.29 is 19.1 Å². The van der Waals surface area contributed by atoms with E-state index in [0.717, 1.165) is 6.42 Å². The standard InChI is InChI=1S/C15H19N3O4S/c1-2-11-3-5-12(6-4-11)22-8-14(20)17-16-13(19)7-18-10-23-9-15(18)21/h3-6H,2,7-10H2,1H3,(H,16,19)(H,17,20). The number of benzene rings is 1. The van der Waals surface area contributed by atoms with Crippen LogP contribution in [0.2, 0.25) is 0 Å². The van der Waals surface area contributed by atoms with Gasteiger partial charge in [-0.05, 0) is 24.1 Å². The van der Waals surface area contributed by atoms with Crippen LogP contribution in [0.5, 0.6) is 5.75 Å². The summed E-state index contributed by atoms with van der Waals surface area (Å²) in [4.78, 5) is 36.0. The van der Waals surface area contributed by atoms with Crippen molar-refractivity contribution in [2.75, 3.05) is 24.8 Å². The fourth-order valence-corrected chi connectivity index (χ4v) is 2.80. The van der Waals surface area contributed by atoms with Gasteiger partial charge in [-0.3, -0.25) is 25.2 Å². The van der Waals surface area contributed by atoms with E-state index in [-0.39, 0.29) is 19.1 Å². The Morgan fingerprint density at radius 2 is 1.91 bits per heavy atom. The Labute approximate surface area is 138 Å². The minimum Gasteiger partial charge on any atom is -0.484 e. The third kappa shape index (κ3) is 5.48. The molecule has 1 fully saturated rings. The van der Waals surface area contributed by atoms with Gasteiger partial charge < -0.3 is 9.64 Å². The number of carbonyl (C=O) groups is 3. The number of aryl methyl sites for hydroxylation is 1. The van der Waals surface area contributed by atoms with Crippen molar-refractivity contribution in [1.29, 1.82) is 0 Å². The summed E-state index contributed by atoms with van der Waals surface area (Å²) in [5.74, 6) is 0.488. The van der Waals surface area contributed by atoms with Gasteiger partial charge in [-0.15, -0.1) is 11.8 Å². The maximum atomic E-state index is 11.6. The quantitative estimate of drug-likeness (QED) is 0.730. The third-order valence-electron chi connectivity index (χ3n) is 3.20. The zero-order valence-corrected chi connectivity index (χ0v) is 13.6. The molecule has 0 atom stereocenters. The first kappa shape index (κ1) is 17.1. The summed E-state index contributed by atoms with van der Waals surface area (Å²) in [6, 6.07) is 7.45. The Hall–Kier alpha value is -2.22. The van der Waals surface area contributed by atoms with Gasteiger partial charge in [0, 0.05) is 0 Å². The van der Waals surface area contributed by atoms with Crippen molar-refractivity contribution in [3.63, 3.8) is 0 Å². The summed E-state index contributed by atoms with van der Waals surface area (Å²) < 4.78 is 5.32. The second-order valence-corrected chi connectivity index (χ2v) is 5.91. The van der Waals surface area contributed by atoms with Crippen LogP contribution < -0.4 is 15.6 Å². The second-order valence-electron chi connectivity index (χ2n) is 4.95. The predicted molar refractivity (Wildman–Crippen MR) is 86.6 cm³/mol. The third-order valence-corrected chi connectivity index (χ3v) is 4.15. The Morgan fingerprint density at radius 3 is 2.52 bits per heavy atom. The van der Waals surface area contributed by atoms with Crippen LogP contribution in [0.1, 0.15) is 12.5 Å². The molecule has 0 saturated carbocycles. The number of hydrazine groups is 1. The number of nitrogens with zero attached hydrogens (tertiary/aromatic N) is 1. The Morgan fingerprint density at radius 1 is 1.22 bits per heavy atom. The molecule has 1 aromatic rings. The fourth-order valence-electron chi connectivity index (χ4n) is 1.90. The van der Waals surface area contributed by atoms with Crippen LogP contribution in [-0.2, 0) is 20.8 Å². The van der Waals surface area contributed by atoms with Crippen molar-refractivity contribution in [3.05, 3.63) is 29.8 Å². The van der Waals surface area contributed by atoms with Gasteiger partial charge in [0.05, 0.1) is 11.6 Å². The highest BCUT2D eigenvalue weighted by Gasteiger charge is 2.22. The van der Waals surface area contributed by atoms with Crippen molar-refractivity contribution in [2.45, 2.75) is 13.3 Å². The molecule has 0 spiro atoms. The largest absolute Gasteiger partial charge is 0.484 e. The molecule has 1 heterocycles. The molecule has 1 aliphatic heterocycles. The highest BCUT2D eigenvalue weighted by molar-refractivity contribution is 8.00. The number of hydrogen-bond donors (Lipinski definition) is 2. The van der Waals surface area contributed by atoms with Crippen molar-refractivity contribution in [2.24, 2.45) is 0 Å². The average molecular weight is 337 g/mol. The molecule has 1 aliphatic rings. The lowest BCUT2D eigenvalue weighted by Gasteiger charge is -2.14. The second kappa shape index (κ2) is 8.42. The zero-order chi connectivity index (χ0) is 16.7. The molecule has 8 heteroatoms. The lowest BCUT2D eigenvalue weighted by molar-refractivity contribution is -0.134. The maximum Gasteiger partial charge on any atom is 0.276 e. The van der Waals surface area contributed by atoms with Crippen LogP contribution in [0.3, 0.4) is 0 Å². The molecule has 3 amide bonds. The van der Waals surface area contributed by atoms with E-state index in [1.165, 1.54) is 22.2 Å². The van der Waals surface area contributed by atoms with Crippen LogP contribution in [0.4, 0.5) is 0 Å². The lowest BCUT2D eigenvalue weighted by atomic mass is 10.2. The first-order valence-corrected chi connectivity index (χ1v) is 8.39. The summed E-state index contributed by atoms with van der Waals surface area (Å²) >= 11 is 1.45. The number of rotatable bonds is 6. The molecular weight excluding hydrogens is 318 g/mol. The molecule has 0 aliphatic carbocycles. The molecule has 124 valence electrons. The number of carbonyl (C=O) groups excluding carboxylic acids is 3. The molecule has 1 aromatic carbocycles. The summed E-state index contributed by atoms with van der Waals surface area (Å²) in [5, 5.41) is 0. The zero-order valence-electron chi connectivity index (χ0n) is 12.8. The Balaban J connectivity index is 1.66. The summed E-state index contributed by atoms with van der Waals surface area (Å²) in [5.41, 5.74) is 5.70. The molecule has 0 bridgehead atoms. The van der Waals surface area contributed by atoms with E-state index < -0.39 is 11.8 Å². The topological polar surface area (TPSA) is 87.7 Å². The number of hydrogen-bond acceptors (Lipinski definition) is 5. The molecule has 0 unspecified atom stereocenters. The number of nitrogens with one attached hydrogen (secondary N) is 2. The van der Waals surface area contributed by atoms with Crippen LogP contribution in [0.15, 0.2) is 24.3 Å². The maximum absolute atomic E-state index is 11.6. The van der Waals surface area contributed by atoms with Crippen LogP contribution >= 0.6 is 11.8 Å². The SMILES string of the molecule is CCc1ccc(OCC(=O)NNC(=O)CN2CSCC2=O)cc1. The van der Waals surface area contributed by atoms with E-state index in [4.69, 9.17) is 4.74 Å². The van der Waals surface area contributed by atoms with Gasteiger partial charge in [0.25, 0.3) is 11.8 Å². The average Bonchev–Trinajstić information content (AvgIpc) is 2.96. The van der Waals surface area contributed by atoms with Crippen molar-refractivity contribution >= 4 is 29.5 Å². The van der Waals surface area contributed by atoms with E-state index in [9.17, 15) is 14.4 Å². The molecule has 2 rings (SSSR count). The Bertz CT molecular complexity index is 577. The van der Waals surface area contributed by atoms with Gasteiger partial charge in [0.15, 0.2) is 6.61 Å². The van der Waals surface area contributed by atoms with Gasteiger partial charge >= 0.3 is 0 Å². The molecular formula is C15H19N3O4S. The minimum absolute atomic E-state index is 0.0640. The molecule has 2 N–H and O–H groups in total. The first-order chi connectivity index (χ1) is 11.1. The van der Waals surface area contributed by atoms with Gasteiger partial charge in [0.2, 0.25) is 5.91 Å². The van der Waals surface area contributed by atoms with E-state index in [0.29, 0.717) is 17.4 Å². The number of amides is 3. The van der Waals surface area contributed by atoms with E-state index >= 15 is 0 Å². The smallest absolute Gasteiger partial charge is 0.276 e. The van der Waals surface area contributed by atoms with Gasteiger partial charge in [0.1, 0.15) is 12.3 Å². The number of thioether (sulfide) groups is 1. The molecule has 7 nitrogen and oxygen atoms in total. The van der Waals surface area contributed by atoms with Crippen LogP contribution in [0, 0.1) is 0 Å². The van der Waals surface area contributed by atoms with Crippen LogP contribution in [0.25, 0.3) is 0 Å². The van der Waals surface area contributed by atoms with Crippen LogP contribution in [-0.4, -0.2) is 47.4 Å². The van der Waals surface area contributed by atoms with Crippen molar-refractivity contribution in [3.8, 4) is 5.75 Å². The van der Waals surface area contributed by atoms with Crippen molar-refractivity contribution in [1.82, 2.24) is 15.8 Å². The fraction of sp³-hybridized carbons (Fsp3) is 0.400. The van der Waals surface area contributed by atoms with E-state index in [1.54, 1.807) is 12.1 Å². The Kier molecular flexibility index (Phi) is 6.28. The summed E-state index contributed by atoms with van der Waals surface area (Å²) in [7, 11) is 0. The molecule has 23 heavy (non-hydrogen) atoms. The lowest BCUT2D eigenvalue weighted by Crippen LogP contribution is -2.48. The molecule has 0 aromatic heterocycles. The van der Waals surface area contributed by atoms with E-state index in [2.05, 4.69) is 17.8 Å². The highest BCUT2D eigenvalue weighted by atomic mass is 32.2. The van der Waals surface area contributed by atoms with Gasteiger partial charge in [-0.25, -0.2) is 0 Å². The molecule has 1 saturated heterocycles. The van der Waals surface area contributed by atoms with Gasteiger partial charge in [-0.2, -0.15) is 0 Å². The summed E-state index contributed by atoms with van der Waals surface area (Å²) in [6.07, 6.45) is 0.935. The normalized spacial score (nSPS) is 13.8. The monoisotopic (exact) mass is 337 g/mol. The first-order valence-electron chi connectivity index (χ1n) is 7.23. The minimum atomic E-state index is -0.472. The highest BCUT2D eigenvalue weighted by Crippen LogP contribution is 2.14. The molecule has 0 radical (unpaired) electrons. The number of ether oxygens (including phenoxy) is 1. The predicted octanol–water partition coefficient (Wildman–Crippen LogP) is 0.308. The van der Waals surface area contributed by atoms with Gasteiger partial charge in [-0.1, -0.05) is 19.1 Å². The van der Waals surface area contributed by atoms with E-state index in [1.807, 2.05) is 12.1 Å².